The molecule has 0 fully saturated rings. The molecule has 0 saturated heterocycles. The molecule has 1 unspecified atom stereocenters. The minimum Gasteiger partial charge on any atom is -0.355 e. The van der Waals surface area contributed by atoms with Gasteiger partial charge in [0.2, 0.25) is 5.91 Å². The van der Waals surface area contributed by atoms with Gasteiger partial charge in [0.15, 0.2) is 11.5 Å². The van der Waals surface area contributed by atoms with Crippen LogP contribution in [0.4, 0.5) is 0 Å². The maximum absolute atomic E-state index is 13.0. The Balaban J connectivity index is 1.48. The largest absolute Gasteiger partial charge is 0.355 e. The molecule has 0 aliphatic rings. The number of aryl methyl sites for hydroxylation is 2. The van der Waals surface area contributed by atoms with E-state index in [4.69, 9.17) is 4.52 Å². The fourth-order valence-electron chi connectivity index (χ4n) is 3.52. The lowest BCUT2D eigenvalue weighted by atomic mass is 10.0. The van der Waals surface area contributed by atoms with Gasteiger partial charge in [0.1, 0.15) is 6.04 Å². The van der Waals surface area contributed by atoms with Gasteiger partial charge in [-0.2, -0.15) is 0 Å². The van der Waals surface area contributed by atoms with Gasteiger partial charge in [-0.1, -0.05) is 53.7 Å². The molecule has 34 heavy (non-hydrogen) atoms. The minimum atomic E-state index is -0.784. The van der Waals surface area contributed by atoms with Crippen LogP contribution in [0.15, 0.2) is 83.6 Å². The second-order valence-electron chi connectivity index (χ2n) is 8.17. The highest BCUT2D eigenvalue weighted by molar-refractivity contribution is 5.96. The van der Waals surface area contributed by atoms with Crippen LogP contribution in [0, 0.1) is 13.8 Å². The Morgan fingerprint density at radius 1 is 0.941 bits per heavy atom. The molecule has 7 nitrogen and oxygen atoms in total. The quantitative estimate of drug-likeness (QED) is 0.419. The number of benzene rings is 2. The van der Waals surface area contributed by atoms with E-state index in [1.54, 1.807) is 18.5 Å². The number of hydrogen-bond donors (Lipinski definition) is 2. The Hall–Kier alpha value is -4.26. The highest BCUT2D eigenvalue weighted by Gasteiger charge is 2.24. The molecule has 7 heteroatoms. The van der Waals surface area contributed by atoms with Gasteiger partial charge in [0.25, 0.3) is 5.91 Å². The first-order valence-corrected chi connectivity index (χ1v) is 11.1. The SMILES string of the molecule is Cc1ccc(-c2cc(C(=O)NC(Cc3ccccc3)C(=O)NCc3cccnc3)no2)cc1C. The fraction of sp³-hybridized carbons (Fsp3) is 0.185. The van der Waals surface area contributed by atoms with E-state index in [9.17, 15) is 9.59 Å². The summed E-state index contributed by atoms with van der Waals surface area (Å²) >= 11 is 0. The Kier molecular flexibility index (Phi) is 7.13. The molecule has 0 aliphatic carbocycles. The highest BCUT2D eigenvalue weighted by atomic mass is 16.5. The number of carbonyl (C=O) groups excluding carboxylic acids is 2. The first kappa shape index (κ1) is 22.9. The highest BCUT2D eigenvalue weighted by Crippen LogP contribution is 2.23. The van der Waals surface area contributed by atoms with E-state index >= 15 is 0 Å². The molecule has 2 aromatic heterocycles. The molecular weight excluding hydrogens is 428 g/mol. The molecular formula is C27H26N4O3. The number of carbonyl (C=O) groups is 2. The van der Waals surface area contributed by atoms with Crippen LogP contribution in [0.25, 0.3) is 11.3 Å². The molecule has 1 atom stereocenters. The van der Waals surface area contributed by atoms with Crippen LogP contribution < -0.4 is 10.6 Å². The van der Waals surface area contributed by atoms with Crippen molar-refractivity contribution in [1.82, 2.24) is 20.8 Å². The predicted octanol–water partition coefficient (Wildman–Crippen LogP) is 4.01. The van der Waals surface area contributed by atoms with Crippen molar-refractivity contribution in [2.45, 2.75) is 32.9 Å². The topological polar surface area (TPSA) is 97.1 Å². The Bertz CT molecular complexity index is 1270. The third-order valence-electron chi connectivity index (χ3n) is 5.63. The number of rotatable bonds is 8. The summed E-state index contributed by atoms with van der Waals surface area (Å²) in [6.45, 7) is 4.36. The van der Waals surface area contributed by atoms with Gasteiger partial charge in [-0.15, -0.1) is 0 Å². The van der Waals surface area contributed by atoms with Crippen molar-refractivity contribution in [3.8, 4) is 11.3 Å². The van der Waals surface area contributed by atoms with Crippen molar-refractivity contribution in [3.63, 3.8) is 0 Å². The van der Waals surface area contributed by atoms with Crippen LogP contribution in [0.5, 0.6) is 0 Å². The smallest absolute Gasteiger partial charge is 0.274 e. The summed E-state index contributed by atoms with van der Waals surface area (Å²) in [6, 6.07) is 19.9. The summed E-state index contributed by atoms with van der Waals surface area (Å²) in [5.74, 6) is -0.274. The fourth-order valence-corrected chi connectivity index (χ4v) is 3.52. The molecule has 2 aromatic carbocycles. The van der Waals surface area contributed by atoms with Crippen LogP contribution in [-0.4, -0.2) is 28.0 Å². The van der Waals surface area contributed by atoms with Crippen molar-refractivity contribution in [2.24, 2.45) is 0 Å². The standard InChI is InChI=1S/C27H26N4O3/c1-18-10-11-22(13-19(18)2)25-15-24(31-34-25)27(33)30-23(14-20-7-4-3-5-8-20)26(32)29-17-21-9-6-12-28-16-21/h3-13,15-16,23H,14,17H2,1-2H3,(H,29,32)(H,30,33). The first-order valence-electron chi connectivity index (χ1n) is 11.1. The number of amides is 2. The van der Waals surface area contributed by atoms with Crippen molar-refractivity contribution in [3.05, 3.63) is 107 Å². The van der Waals surface area contributed by atoms with Crippen molar-refractivity contribution < 1.29 is 14.1 Å². The minimum absolute atomic E-state index is 0.117. The summed E-state index contributed by atoms with van der Waals surface area (Å²) in [5.41, 5.74) is 5.04. The Morgan fingerprint density at radius 2 is 1.74 bits per heavy atom. The third-order valence-corrected chi connectivity index (χ3v) is 5.63. The molecule has 4 rings (SSSR count). The zero-order valence-corrected chi connectivity index (χ0v) is 19.1. The van der Waals surface area contributed by atoms with Gasteiger partial charge in [-0.25, -0.2) is 0 Å². The maximum Gasteiger partial charge on any atom is 0.274 e. The van der Waals surface area contributed by atoms with Crippen LogP contribution >= 0.6 is 0 Å². The normalized spacial score (nSPS) is 11.6. The number of nitrogens with zero attached hydrogens (tertiary/aromatic N) is 2. The van der Waals surface area contributed by atoms with E-state index in [1.807, 2.05) is 74.5 Å². The van der Waals surface area contributed by atoms with Gasteiger partial charge in [-0.3, -0.25) is 14.6 Å². The second-order valence-corrected chi connectivity index (χ2v) is 8.17. The van der Waals surface area contributed by atoms with Gasteiger partial charge in [-0.05, 0) is 48.2 Å². The maximum atomic E-state index is 13.0. The average Bonchev–Trinajstić information content (AvgIpc) is 3.36. The van der Waals surface area contributed by atoms with Gasteiger partial charge >= 0.3 is 0 Å². The zero-order chi connectivity index (χ0) is 23.9. The van der Waals surface area contributed by atoms with Crippen molar-refractivity contribution in [2.75, 3.05) is 0 Å². The number of pyridine rings is 1. The van der Waals surface area contributed by atoms with Crippen molar-refractivity contribution in [1.29, 1.82) is 0 Å². The van der Waals surface area contributed by atoms with E-state index in [-0.39, 0.29) is 11.6 Å². The molecule has 2 heterocycles. The molecule has 0 saturated carbocycles. The summed E-state index contributed by atoms with van der Waals surface area (Å²) in [5, 5.41) is 9.63. The second kappa shape index (κ2) is 10.6. The van der Waals surface area contributed by atoms with E-state index in [2.05, 4.69) is 20.8 Å². The average molecular weight is 455 g/mol. The van der Waals surface area contributed by atoms with Gasteiger partial charge < -0.3 is 15.2 Å². The molecule has 0 bridgehead atoms. The van der Waals surface area contributed by atoms with Crippen LogP contribution in [0.1, 0.15) is 32.7 Å². The summed E-state index contributed by atoms with van der Waals surface area (Å²) < 4.78 is 5.41. The van der Waals surface area contributed by atoms with Crippen LogP contribution in [-0.2, 0) is 17.8 Å². The van der Waals surface area contributed by atoms with E-state index in [0.29, 0.717) is 18.7 Å². The van der Waals surface area contributed by atoms with Crippen molar-refractivity contribution >= 4 is 11.8 Å². The molecule has 0 aliphatic heterocycles. The van der Waals surface area contributed by atoms with Crippen LogP contribution in [0.3, 0.4) is 0 Å². The van der Waals surface area contributed by atoms with E-state index in [1.165, 1.54) is 5.56 Å². The van der Waals surface area contributed by atoms with Gasteiger partial charge in [0, 0.05) is 37.0 Å². The molecule has 0 spiro atoms. The van der Waals surface area contributed by atoms with Gasteiger partial charge in [0.05, 0.1) is 0 Å². The Labute approximate surface area is 198 Å². The molecule has 0 radical (unpaired) electrons. The molecule has 2 N–H and O–H groups in total. The lowest BCUT2D eigenvalue weighted by Gasteiger charge is -2.18. The first-order chi connectivity index (χ1) is 16.5. The zero-order valence-electron chi connectivity index (χ0n) is 19.1. The number of hydrogen-bond acceptors (Lipinski definition) is 5. The summed E-state index contributed by atoms with van der Waals surface area (Å²) in [7, 11) is 0. The van der Waals surface area contributed by atoms with Crippen LogP contribution in [0.2, 0.25) is 0 Å². The molecule has 4 aromatic rings. The molecule has 2 amide bonds. The lowest BCUT2D eigenvalue weighted by molar-refractivity contribution is -0.123. The predicted molar refractivity (Wildman–Crippen MR) is 129 cm³/mol. The Morgan fingerprint density at radius 3 is 2.47 bits per heavy atom. The summed E-state index contributed by atoms with van der Waals surface area (Å²) in [6.07, 6.45) is 3.70. The summed E-state index contributed by atoms with van der Waals surface area (Å²) in [4.78, 5) is 30.0. The number of nitrogens with one attached hydrogen (secondary N) is 2. The molecule has 172 valence electrons. The van der Waals surface area contributed by atoms with E-state index in [0.717, 1.165) is 22.3 Å². The third kappa shape index (κ3) is 5.75. The monoisotopic (exact) mass is 454 g/mol. The number of aromatic nitrogens is 2. The van der Waals surface area contributed by atoms with E-state index < -0.39 is 11.9 Å². The lowest BCUT2D eigenvalue weighted by Crippen LogP contribution is -2.47.